The molecule has 0 aliphatic carbocycles. The van der Waals surface area contributed by atoms with Crippen LogP contribution in [-0.2, 0) is 6.42 Å². The molecule has 1 fully saturated rings. The van der Waals surface area contributed by atoms with Crippen molar-refractivity contribution >= 4 is 17.7 Å². The molecule has 0 spiro atoms. The van der Waals surface area contributed by atoms with Crippen LogP contribution in [0.15, 0.2) is 42.7 Å². The number of benzene rings is 1. The highest BCUT2D eigenvalue weighted by Gasteiger charge is 2.17. The van der Waals surface area contributed by atoms with Crippen molar-refractivity contribution in [2.45, 2.75) is 32.6 Å². The number of carbonyl (C=O) groups is 1. The summed E-state index contributed by atoms with van der Waals surface area (Å²) in [5.74, 6) is 2.19. The van der Waals surface area contributed by atoms with Gasteiger partial charge >= 0.3 is 6.03 Å². The van der Waals surface area contributed by atoms with Crippen molar-refractivity contribution in [2.24, 2.45) is 5.92 Å². The topological polar surface area (TPSA) is 70.2 Å². The van der Waals surface area contributed by atoms with E-state index in [1.165, 1.54) is 24.7 Å². The highest BCUT2D eigenvalue weighted by Crippen LogP contribution is 2.22. The Morgan fingerprint density at radius 2 is 1.96 bits per heavy atom. The number of nitrogens with zero attached hydrogens (tertiary/aromatic N) is 3. The Balaban J connectivity index is 1.43. The minimum atomic E-state index is -0.227. The summed E-state index contributed by atoms with van der Waals surface area (Å²) in [6.07, 6.45) is 5.71. The average Bonchev–Trinajstić information content (AvgIpc) is 2.67. The molecule has 0 atom stereocenters. The number of carbonyl (C=O) groups excluding carboxylic acids is 1. The number of urea groups is 1. The van der Waals surface area contributed by atoms with Crippen LogP contribution in [0.5, 0.6) is 0 Å². The first-order valence-corrected chi connectivity index (χ1v) is 9.36. The zero-order valence-corrected chi connectivity index (χ0v) is 15.3. The first-order chi connectivity index (χ1) is 12.7. The van der Waals surface area contributed by atoms with E-state index in [4.69, 9.17) is 0 Å². The Labute approximate surface area is 155 Å². The van der Waals surface area contributed by atoms with Crippen molar-refractivity contribution in [2.75, 3.05) is 29.9 Å². The van der Waals surface area contributed by atoms with Gasteiger partial charge in [-0.1, -0.05) is 37.3 Å². The molecule has 2 aromatic rings. The number of aromatic nitrogens is 2. The van der Waals surface area contributed by atoms with Gasteiger partial charge in [0.15, 0.2) is 0 Å². The fraction of sp³-hybridized carbons (Fsp3) is 0.450. The molecule has 1 aliphatic rings. The van der Waals surface area contributed by atoms with E-state index in [1.54, 1.807) is 0 Å². The number of hydrogen-bond donors (Lipinski definition) is 2. The molecule has 6 nitrogen and oxygen atoms in total. The summed E-state index contributed by atoms with van der Waals surface area (Å²) in [7, 11) is 0. The molecule has 2 amide bonds. The molecule has 1 aromatic carbocycles. The third kappa shape index (κ3) is 5.44. The van der Waals surface area contributed by atoms with E-state index in [0.717, 1.165) is 37.7 Å². The number of anilines is 2. The quantitative estimate of drug-likeness (QED) is 0.780. The van der Waals surface area contributed by atoms with Gasteiger partial charge in [-0.25, -0.2) is 14.8 Å². The molecular weight excluding hydrogens is 326 g/mol. The number of amides is 2. The van der Waals surface area contributed by atoms with Crippen molar-refractivity contribution in [3.63, 3.8) is 0 Å². The van der Waals surface area contributed by atoms with Gasteiger partial charge in [-0.3, -0.25) is 5.32 Å². The second-order valence-electron chi connectivity index (χ2n) is 6.90. The summed E-state index contributed by atoms with van der Waals surface area (Å²) in [5, 5.41) is 5.68. The Morgan fingerprint density at radius 3 is 2.73 bits per heavy atom. The van der Waals surface area contributed by atoms with Gasteiger partial charge in [0.05, 0.1) is 0 Å². The molecule has 3 rings (SSSR count). The van der Waals surface area contributed by atoms with Crippen LogP contribution >= 0.6 is 0 Å². The third-order valence-electron chi connectivity index (χ3n) is 4.77. The molecule has 0 unspecified atom stereocenters. The van der Waals surface area contributed by atoms with Crippen LogP contribution in [0, 0.1) is 5.92 Å². The van der Waals surface area contributed by atoms with Gasteiger partial charge in [0, 0.05) is 25.7 Å². The lowest BCUT2D eigenvalue weighted by molar-refractivity contribution is 0.252. The van der Waals surface area contributed by atoms with Crippen LogP contribution < -0.4 is 15.5 Å². The van der Waals surface area contributed by atoms with Gasteiger partial charge in [0.25, 0.3) is 0 Å². The van der Waals surface area contributed by atoms with Crippen molar-refractivity contribution in [1.82, 2.24) is 15.3 Å². The first-order valence-electron chi connectivity index (χ1n) is 9.36. The average molecular weight is 353 g/mol. The van der Waals surface area contributed by atoms with Crippen molar-refractivity contribution < 1.29 is 4.79 Å². The molecule has 138 valence electrons. The Bertz CT molecular complexity index is 698. The molecule has 0 saturated carbocycles. The van der Waals surface area contributed by atoms with E-state index >= 15 is 0 Å². The zero-order chi connectivity index (χ0) is 18.2. The highest BCUT2D eigenvalue weighted by molar-refractivity contribution is 5.88. The van der Waals surface area contributed by atoms with Gasteiger partial charge in [0.2, 0.25) is 0 Å². The van der Waals surface area contributed by atoms with Crippen LogP contribution in [0.25, 0.3) is 0 Å². The molecular formula is C20H27N5O. The minimum absolute atomic E-state index is 0.227. The van der Waals surface area contributed by atoms with E-state index in [9.17, 15) is 4.79 Å². The monoisotopic (exact) mass is 353 g/mol. The number of hydrogen-bond acceptors (Lipinski definition) is 4. The van der Waals surface area contributed by atoms with E-state index in [-0.39, 0.29) is 6.03 Å². The second-order valence-corrected chi connectivity index (χ2v) is 6.90. The largest absolute Gasteiger partial charge is 0.356 e. The predicted octanol–water partition coefficient (Wildman–Crippen LogP) is 3.47. The third-order valence-corrected chi connectivity index (χ3v) is 4.77. The van der Waals surface area contributed by atoms with Crippen LogP contribution in [0.4, 0.5) is 16.4 Å². The van der Waals surface area contributed by atoms with E-state index in [1.807, 2.05) is 24.3 Å². The van der Waals surface area contributed by atoms with Crippen LogP contribution in [0.2, 0.25) is 0 Å². The molecule has 6 heteroatoms. The highest BCUT2D eigenvalue weighted by atomic mass is 16.2. The molecule has 1 aliphatic heterocycles. The SMILES string of the molecule is CC1CCN(c2cc(NC(=O)NCCCc3ccccc3)ncn2)CC1. The first kappa shape index (κ1) is 18.2. The van der Waals surface area contributed by atoms with Gasteiger partial charge < -0.3 is 10.2 Å². The maximum absolute atomic E-state index is 12.1. The van der Waals surface area contributed by atoms with E-state index in [2.05, 4.69) is 44.6 Å². The van der Waals surface area contributed by atoms with Crippen LogP contribution in [-0.4, -0.2) is 35.6 Å². The molecule has 0 bridgehead atoms. The Morgan fingerprint density at radius 1 is 1.19 bits per heavy atom. The predicted molar refractivity (Wildman–Crippen MR) is 104 cm³/mol. The van der Waals surface area contributed by atoms with Gasteiger partial charge in [0.1, 0.15) is 18.0 Å². The second kappa shape index (κ2) is 9.17. The Kier molecular flexibility index (Phi) is 6.41. The van der Waals surface area contributed by atoms with Crippen molar-refractivity contribution in [1.29, 1.82) is 0 Å². The number of rotatable bonds is 6. The summed E-state index contributed by atoms with van der Waals surface area (Å²) in [5.41, 5.74) is 1.28. The smallest absolute Gasteiger partial charge is 0.320 e. The number of aryl methyl sites for hydroxylation is 1. The molecule has 0 radical (unpaired) electrons. The van der Waals surface area contributed by atoms with Gasteiger partial charge in [-0.05, 0) is 37.2 Å². The summed E-state index contributed by atoms with van der Waals surface area (Å²) >= 11 is 0. The number of nitrogens with one attached hydrogen (secondary N) is 2. The summed E-state index contributed by atoms with van der Waals surface area (Å²) in [6.45, 7) is 4.92. The fourth-order valence-electron chi connectivity index (χ4n) is 3.13. The lowest BCUT2D eigenvalue weighted by Gasteiger charge is -2.31. The summed E-state index contributed by atoms with van der Waals surface area (Å²) < 4.78 is 0. The van der Waals surface area contributed by atoms with E-state index < -0.39 is 0 Å². The van der Waals surface area contributed by atoms with Crippen molar-refractivity contribution in [3.05, 3.63) is 48.3 Å². The summed E-state index contributed by atoms with van der Waals surface area (Å²) in [6, 6.07) is 11.9. The Hall–Kier alpha value is -2.63. The lowest BCUT2D eigenvalue weighted by atomic mass is 9.99. The minimum Gasteiger partial charge on any atom is -0.356 e. The molecule has 26 heavy (non-hydrogen) atoms. The van der Waals surface area contributed by atoms with Crippen LogP contribution in [0.3, 0.4) is 0 Å². The molecule has 2 N–H and O–H groups in total. The van der Waals surface area contributed by atoms with Crippen molar-refractivity contribution in [3.8, 4) is 0 Å². The normalized spacial score (nSPS) is 14.9. The van der Waals surface area contributed by atoms with E-state index in [0.29, 0.717) is 12.4 Å². The zero-order valence-electron chi connectivity index (χ0n) is 15.3. The maximum Gasteiger partial charge on any atom is 0.320 e. The lowest BCUT2D eigenvalue weighted by Crippen LogP contribution is -2.34. The summed E-state index contributed by atoms with van der Waals surface area (Å²) in [4.78, 5) is 22.8. The van der Waals surface area contributed by atoms with Gasteiger partial charge in [-0.2, -0.15) is 0 Å². The van der Waals surface area contributed by atoms with Crippen LogP contribution in [0.1, 0.15) is 31.7 Å². The standard InChI is InChI=1S/C20H27N5O/c1-16-9-12-25(13-10-16)19-14-18(22-15-23-19)24-20(26)21-11-5-8-17-6-3-2-4-7-17/h2-4,6-7,14-16H,5,8-13H2,1H3,(H2,21,22,23,24,26). The fourth-order valence-corrected chi connectivity index (χ4v) is 3.13. The molecule has 1 saturated heterocycles. The number of piperidine rings is 1. The maximum atomic E-state index is 12.1. The van der Waals surface area contributed by atoms with Gasteiger partial charge in [-0.15, -0.1) is 0 Å². The molecule has 2 heterocycles. The molecule has 1 aromatic heterocycles.